The average molecular weight is 273 g/mol. The largest absolute Gasteiger partial charge is 0.480 e. The highest BCUT2D eigenvalue weighted by molar-refractivity contribution is 7.92. The molecule has 0 amide bonds. The van der Waals surface area contributed by atoms with Crippen molar-refractivity contribution in [3.05, 3.63) is 24.0 Å². The third-order valence-corrected chi connectivity index (χ3v) is 5.07. The molecule has 0 bridgehead atoms. The zero-order valence-electron chi connectivity index (χ0n) is 9.63. The Kier molecular flexibility index (Phi) is 3.02. The molecule has 1 unspecified atom stereocenters. The standard InChI is InChI=1S/C11H12FNO4S/c1-7-5-13(6-11(14)15)9-4-8(12)2-3-10(9)18(7,16)17/h2-4,7H,5-6H2,1H3,(H,14,15). The fourth-order valence-corrected chi connectivity index (χ4v) is 3.56. The Morgan fingerprint density at radius 2 is 2.22 bits per heavy atom. The normalized spacial score (nSPS) is 21.4. The van der Waals surface area contributed by atoms with Crippen LogP contribution >= 0.6 is 0 Å². The van der Waals surface area contributed by atoms with E-state index in [0.717, 1.165) is 12.1 Å². The number of carboxylic acids is 1. The number of carbonyl (C=O) groups is 1. The average Bonchev–Trinajstić information content (AvgIpc) is 2.25. The summed E-state index contributed by atoms with van der Waals surface area (Å²) in [6.45, 7) is 1.21. The van der Waals surface area contributed by atoms with E-state index in [2.05, 4.69) is 0 Å². The Labute approximate surface area is 104 Å². The second-order valence-corrected chi connectivity index (χ2v) is 6.58. The number of hydrogen-bond acceptors (Lipinski definition) is 4. The molecule has 1 aliphatic heterocycles. The van der Waals surface area contributed by atoms with Crippen LogP contribution in [0.3, 0.4) is 0 Å². The van der Waals surface area contributed by atoms with Crippen LogP contribution < -0.4 is 4.90 Å². The van der Waals surface area contributed by atoms with Crippen LogP contribution in [0.15, 0.2) is 23.1 Å². The highest BCUT2D eigenvalue weighted by Crippen LogP contribution is 2.33. The number of rotatable bonds is 2. The van der Waals surface area contributed by atoms with Crippen LogP contribution in [-0.4, -0.2) is 37.8 Å². The summed E-state index contributed by atoms with van der Waals surface area (Å²) in [5.41, 5.74) is 0.121. The number of halogens is 1. The first-order valence-electron chi connectivity index (χ1n) is 5.32. The van der Waals surface area contributed by atoms with Gasteiger partial charge in [-0.15, -0.1) is 0 Å². The number of sulfone groups is 1. The Balaban J connectivity index is 2.58. The van der Waals surface area contributed by atoms with Crippen molar-refractivity contribution >= 4 is 21.5 Å². The minimum atomic E-state index is -3.51. The number of nitrogens with zero attached hydrogens (tertiary/aromatic N) is 1. The molecule has 0 saturated carbocycles. The zero-order chi connectivity index (χ0) is 13.5. The van der Waals surface area contributed by atoms with E-state index < -0.39 is 26.9 Å². The lowest BCUT2D eigenvalue weighted by atomic mass is 10.2. The summed E-state index contributed by atoms with van der Waals surface area (Å²) in [5.74, 6) is -1.68. The first kappa shape index (κ1) is 12.8. The molecule has 18 heavy (non-hydrogen) atoms. The summed E-state index contributed by atoms with van der Waals surface area (Å²) in [6, 6.07) is 3.31. The van der Waals surface area contributed by atoms with Gasteiger partial charge in [0.2, 0.25) is 0 Å². The van der Waals surface area contributed by atoms with Crippen LogP contribution in [0, 0.1) is 5.82 Å². The van der Waals surface area contributed by atoms with Crippen LogP contribution in [0.25, 0.3) is 0 Å². The molecule has 1 heterocycles. The molecule has 0 saturated heterocycles. The molecule has 0 aliphatic carbocycles. The Hall–Kier alpha value is -1.63. The number of aliphatic carboxylic acids is 1. The van der Waals surface area contributed by atoms with E-state index >= 15 is 0 Å². The molecule has 5 nitrogen and oxygen atoms in total. The number of anilines is 1. The maximum atomic E-state index is 13.2. The molecule has 98 valence electrons. The van der Waals surface area contributed by atoms with Crippen molar-refractivity contribution in [1.29, 1.82) is 0 Å². The minimum Gasteiger partial charge on any atom is -0.480 e. The molecule has 1 atom stereocenters. The number of fused-ring (bicyclic) bond motifs is 1. The van der Waals surface area contributed by atoms with Gasteiger partial charge in [0.25, 0.3) is 0 Å². The van der Waals surface area contributed by atoms with Crippen LogP contribution in [0.5, 0.6) is 0 Å². The molecule has 1 aromatic rings. The van der Waals surface area contributed by atoms with E-state index in [4.69, 9.17) is 5.11 Å². The van der Waals surface area contributed by atoms with Gasteiger partial charge in [0.1, 0.15) is 12.4 Å². The van der Waals surface area contributed by atoms with E-state index in [1.54, 1.807) is 0 Å². The molecule has 0 fully saturated rings. The predicted molar refractivity (Wildman–Crippen MR) is 62.9 cm³/mol. The summed E-state index contributed by atoms with van der Waals surface area (Å²) in [7, 11) is -3.51. The molecule has 1 aliphatic rings. The predicted octanol–water partition coefficient (Wildman–Crippen LogP) is 0.893. The summed E-state index contributed by atoms with van der Waals surface area (Å²) < 4.78 is 37.3. The monoisotopic (exact) mass is 273 g/mol. The van der Waals surface area contributed by atoms with Crippen molar-refractivity contribution in [3.63, 3.8) is 0 Å². The van der Waals surface area contributed by atoms with Gasteiger partial charge in [0.15, 0.2) is 9.84 Å². The molecule has 1 aromatic carbocycles. The maximum absolute atomic E-state index is 13.2. The lowest BCUT2D eigenvalue weighted by Crippen LogP contribution is -2.43. The quantitative estimate of drug-likeness (QED) is 0.810. The van der Waals surface area contributed by atoms with Crippen molar-refractivity contribution < 1.29 is 22.7 Å². The van der Waals surface area contributed by atoms with Gasteiger partial charge in [0.05, 0.1) is 15.8 Å². The first-order chi connectivity index (χ1) is 8.32. The lowest BCUT2D eigenvalue weighted by molar-refractivity contribution is -0.135. The summed E-state index contributed by atoms with van der Waals surface area (Å²) in [5, 5.41) is 8.08. The van der Waals surface area contributed by atoms with Gasteiger partial charge in [-0.2, -0.15) is 0 Å². The van der Waals surface area contributed by atoms with Crippen molar-refractivity contribution in [2.45, 2.75) is 17.1 Å². The fourth-order valence-electron chi connectivity index (χ4n) is 2.01. The highest BCUT2D eigenvalue weighted by Gasteiger charge is 2.35. The number of hydrogen-bond donors (Lipinski definition) is 1. The molecular weight excluding hydrogens is 261 g/mol. The highest BCUT2D eigenvalue weighted by atomic mass is 32.2. The lowest BCUT2D eigenvalue weighted by Gasteiger charge is -2.33. The van der Waals surface area contributed by atoms with Crippen molar-refractivity contribution in [2.75, 3.05) is 18.0 Å². The van der Waals surface area contributed by atoms with Gasteiger partial charge in [-0.05, 0) is 25.1 Å². The van der Waals surface area contributed by atoms with Gasteiger partial charge >= 0.3 is 5.97 Å². The van der Waals surface area contributed by atoms with Gasteiger partial charge in [0, 0.05) is 6.54 Å². The van der Waals surface area contributed by atoms with E-state index in [1.807, 2.05) is 0 Å². The minimum absolute atomic E-state index is 0.0103. The second kappa shape index (κ2) is 4.24. The zero-order valence-corrected chi connectivity index (χ0v) is 10.4. The molecule has 0 radical (unpaired) electrons. The van der Waals surface area contributed by atoms with E-state index in [-0.39, 0.29) is 23.7 Å². The second-order valence-electron chi connectivity index (χ2n) is 4.24. The first-order valence-corrected chi connectivity index (χ1v) is 6.87. The van der Waals surface area contributed by atoms with Gasteiger partial charge in [-0.1, -0.05) is 0 Å². The molecule has 0 spiro atoms. The molecule has 2 rings (SSSR count). The molecule has 0 aromatic heterocycles. The van der Waals surface area contributed by atoms with E-state index in [0.29, 0.717) is 0 Å². The van der Waals surface area contributed by atoms with Gasteiger partial charge in [-0.25, -0.2) is 12.8 Å². The van der Waals surface area contributed by atoms with Crippen molar-refractivity contribution in [1.82, 2.24) is 0 Å². The van der Waals surface area contributed by atoms with E-state index in [1.165, 1.54) is 17.9 Å². The summed E-state index contributed by atoms with van der Waals surface area (Å²) in [6.07, 6.45) is 0. The topological polar surface area (TPSA) is 74.7 Å². The van der Waals surface area contributed by atoms with Crippen LogP contribution in [0.1, 0.15) is 6.92 Å². The van der Waals surface area contributed by atoms with Crippen LogP contribution in [0.4, 0.5) is 10.1 Å². The van der Waals surface area contributed by atoms with E-state index in [9.17, 15) is 17.6 Å². The molecular formula is C11H12FNO4S. The smallest absolute Gasteiger partial charge is 0.323 e. The van der Waals surface area contributed by atoms with Gasteiger partial charge in [-0.3, -0.25) is 4.79 Å². The summed E-state index contributed by atoms with van der Waals surface area (Å²) in [4.78, 5) is 12.1. The van der Waals surface area contributed by atoms with Crippen LogP contribution in [-0.2, 0) is 14.6 Å². The maximum Gasteiger partial charge on any atom is 0.323 e. The van der Waals surface area contributed by atoms with Crippen molar-refractivity contribution in [3.8, 4) is 0 Å². The number of benzene rings is 1. The molecule has 1 N–H and O–H groups in total. The molecule has 7 heteroatoms. The Morgan fingerprint density at radius 1 is 1.56 bits per heavy atom. The fraction of sp³-hybridized carbons (Fsp3) is 0.364. The van der Waals surface area contributed by atoms with Gasteiger partial charge < -0.3 is 10.0 Å². The third kappa shape index (κ3) is 2.05. The SMILES string of the molecule is CC1CN(CC(=O)O)c2cc(F)ccc2S1(=O)=O. The Morgan fingerprint density at radius 3 is 2.83 bits per heavy atom. The van der Waals surface area contributed by atoms with Crippen molar-refractivity contribution in [2.24, 2.45) is 0 Å². The van der Waals surface area contributed by atoms with Crippen LogP contribution in [0.2, 0.25) is 0 Å². The third-order valence-electron chi connectivity index (χ3n) is 2.90. The Bertz CT molecular complexity index is 599. The summed E-state index contributed by atoms with van der Waals surface area (Å²) >= 11 is 0. The number of carboxylic acid groups (broad SMARTS) is 1.